The molecule has 1 saturated carbocycles. The first kappa shape index (κ1) is 82.1. The summed E-state index contributed by atoms with van der Waals surface area (Å²) in [7, 11) is -4.86. The van der Waals surface area contributed by atoms with Crippen LogP contribution in [0.3, 0.4) is 0 Å². The van der Waals surface area contributed by atoms with Gasteiger partial charge >= 0.3 is 16.4 Å². The van der Waals surface area contributed by atoms with Crippen LogP contribution in [-0.2, 0) is 24.1 Å². The van der Waals surface area contributed by atoms with Gasteiger partial charge < -0.3 is 82.8 Å². The Morgan fingerprint density at radius 1 is 0.615 bits per heavy atom. The van der Waals surface area contributed by atoms with E-state index in [0.29, 0.717) is 19.4 Å². The summed E-state index contributed by atoms with van der Waals surface area (Å²) in [4.78, 5) is 14.7. The van der Waals surface area contributed by atoms with E-state index in [4.69, 9.17) is 25.5 Å². The number of hydrogen-bond acceptors (Lipinski definition) is 18. The van der Waals surface area contributed by atoms with Crippen LogP contribution in [0.1, 0.15) is 143 Å². The monoisotopic (exact) mass is 1300 g/mol. The Morgan fingerprint density at radius 3 is 1.75 bits per heavy atom. The molecule has 1 aliphatic carbocycles. The first-order valence-electron chi connectivity index (χ1n) is 32.0. The fraction of sp³-hybridized carbons (Fsp3) is 0.618. The number of rotatable bonds is 49. The number of aliphatic hydroxyl groups excluding tert-OH is 11. The smallest absolute Gasteiger partial charge is 0.397 e. The Hall–Kier alpha value is -5.03. The molecule has 23 heteroatoms. The molecule has 0 aromatic rings. The van der Waals surface area contributed by atoms with E-state index in [-0.39, 0.29) is 87.7 Å². The summed E-state index contributed by atoms with van der Waals surface area (Å²) >= 11 is 0. The zero-order valence-electron chi connectivity index (χ0n) is 53.5. The minimum Gasteiger partial charge on any atom is -0.478 e. The highest BCUT2D eigenvalue weighted by atomic mass is 32.3. The highest BCUT2D eigenvalue weighted by Gasteiger charge is 2.45. The van der Waals surface area contributed by atoms with Crippen molar-refractivity contribution in [1.82, 2.24) is 5.32 Å². The van der Waals surface area contributed by atoms with Crippen LogP contribution < -0.4 is 16.8 Å². The van der Waals surface area contributed by atoms with Crippen molar-refractivity contribution in [2.45, 2.75) is 241 Å². The van der Waals surface area contributed by atoms with E-state index in [1.807, 2.05) is 37.3 Å². The molecule has 18 unspecified atom stereocenters. The minimum absolute atomic E-state index is 0.0165. The summed E-state index contributed by atoms with van der Waals surface area (Å²) in [5, 5.41) is 129. The molecule has 2 rings (SSSR count). The highest BCUT2D eigenvalue weighted by molar-refractivity contribution is 7.80. The number of nitrogens with one attached hydrogen (secondary N) is 1. The van der Waals surface area contributed by atoms with E-state index >= 15 is 0 Å². The normalized spacial score (nSPS) is 22.1. The van der Waals surface area contributed by atoms with Crippen LogP contribution >= 0.6 is 0 Å². The first-order chi connectivity index (χ1) is 43.1. The van der Waals surface area contributed by atoms with Crippen LogP contribution in [0, 0.1) is 17.8 Å². The van der Waals surface area contributed by atoms with Crippen molar-refractivity contribution in [3.8, 4) is 0 Å². The second-order valence-electron chi connectivity index (χ2n) is 24.1. The summed E-state index contributed by atoms with van der Waals surface area (Å²) < 4.78 is 44.7. The molecule has 91 heavy (non-hydrogen) atoms. The number of aliphatic carboxylic acids is 1. The van der Waals surface area contributed by atoms with E-state index in [0.717, 1.165) is 38.5 Å². The Kier molecular flexibility index (Phi) is 42.3. The third-order valence-electron chi connectivity index (χ3n) is 15.9. The third-order valence-corrected chi connectivity index (χ3v) is 16.4. The molecule has 0 amide bonds. The zero-order valence-corrected chi connectivity index (χ0v) is 54.4. The predicted octanol–water partition coefficient (Wildman–Crippen LogP) is 5.60. The van der Waals surface area contributed by atoms with Crippen LogP contribution in [-0.4, -0.2) is 190 Å². The lowest BCUT2D eigenvalue weighted by Crippen LogP contribution is -2.47. The average molecular weight is 1300 g/mol. The second kappa shape index (κ2) is 46.9. The fourth-order valence-corrected chi connectivity index (χ4v) is 11.0. The maximum atomic E-state index is 12.1. The fourth-order valence-electron chi connectivity index (χ4n) is 10.5. The largest absolute Gasteiger partial charge is 0.478 e. The summed E-state index contributed by atoms with van der Waals surface area (Å²) in [6, 6.07) is -0.361. The number of nitrogens with two attached hydrogens (primary N) is 2. The van der Waals surface area contributed by atoms with Gasteiger partial charge in [-0.1, -0.05) is 173 Å². The van der Waals surface area contributed by atoms with Gasteiger partial charge in [-0.05, 0) is 89.9 Å². The molecule has 0 spiro atoms. The van der Waals surface area contributed by atoms with Crippen molar-refractivity contribution < 1.29 is 88.0 Å². The molecule has 0 bridgehead atoms. The van der Waals surface area contributed by atoms with Crippen molar-refractivity contribution in [3.63, 3.8) is 0 Å². The third kappa shape index (κ3) is 40.6. The molecule has 1 saturated heterocycles. The number of guanidine groups is 1. The summed E-state index contributed by atoms with van der Waals surface area (Å²) in [5.41, 5.74) is 10.8. The molecule has 18 N–H and O–H groups in total. The van der Waals surface area contributed by atoms with E-state index in [1.54, 1.807) is 98.9 Å². The number of carboxylic acid groups (broad SMARTS) is 1. The summed E-state index contributed by atoms with van der Waals surface area (Å²) in [6.45, 7) is 7.37. The maximum absolute atomic E-state index is 12.1. The Labute approximate surface area is 540 Å². The average Bonchev–Trinajstić information content (AvgIpc) is 1.79. The van der Waals surface area contributed by atoms with Crippen LogP contribution in [0.15, 0.2) is 150 Å². The molecule has 0 radical (unpaired) electrons. The molecule has 2 fully saturated rings. The molecule has 22 nitrogen and oxygen atoms in total. The number of ether oxygens (including phenoxy) is 1. The summed E-state index contributed by atoms with van der Waals surface area (Å²) in [6.07, 6.45) is 33.8. The topological polar surface area (TPSA) is 412 Å². The predicted molar refractivity (Wildman–Crippen MR) is 355 cm³/mol. The Bertz CT molecular complexity index is 2540. The zero-order chi connectivity index (χ0) is 67.7. The molecular weight excluding hydrogens is 1190 g/mol. The Morgan fingerprint density at radius 2 is 1.15 bits per heavy atom. The van der Waals surface area contributed by atoms with Crippen molar-refractivity contribution in [3.05, 3.63) is 145 Å². The van der Waals surface area contributed by atoms with Gasteiger partial charge in [0.05, 0.1) is 79.4 Å². The van der Waals surface area contributed by atoms with E-state index in [9.17, 15) is 73.9 Å². The SMILES string of the molecule is C\C(=C/C=C/C=C/CC/C=C/C(C)C(O)C(C)C(O)/C=C/C=C/C=C/C=C/C=C/C=C/CC(OS(=O)(=O)O)C(C)C(CC(O)CC(O)/C=C/CC(O)CC(O)CC(O)C1OC1CC(O)CC(O)/C=C/CC(O)CC(O)CCCN=C(N)N)NC1CCCC1)C(=O)O. The number of carboxylic acids is 1. The number of nitrogens with zero attached hydrogens (tertiary/aromatic N) is 1. The van der Waals surface area contributed by atoms with Gasteiger partial charge in [0, 0.05) is 61.7 Å². The molecule has 0 aromatic carbocycles. The number of aliphatic imine (C=N–C) groups is 1. The first-order valence-corrected chi connectivity index (χ1v) is 33.4. The molecule has 2 aliphatic rings. The van der Waals surface area contributed by atoms with Crippen molar-refractivity contribution in [2.24, 2.45) is 34.2 Å². The molecular formula is C68H110N4O18S. The standard InChI is InChI=1S/C68H110N4O18S/c1-47(28-19-15-11-10-12-16-20-29-48(2)67(84)85)65(83)50(4)61(81)37-21-17-13-8-6-5-7-9-14-18-22-38-63(90-91(86,87)88)49(3)60(72-51-30-23-24-31-51)44-57(78)41-53(74)33-26-34-54(75)42-58(79)45-62(82)66-64(89-66)46-59(80)43-55(76)35-25-32-52(73)40-56(77)36-27-39-71-68(69)70/h5-10,12-14,16-22,25-26,28-29,33,35,37,47,49-66,72-83H,11,15,23-24,27,30-32,34,36,38-46H2,1-4H3,(H,84,85)(H4,69,70,71)(H,86,87,88)/b7-5+,8-6+,12-10+,14-9+,17-13+,20-16+,22-18+,28-19+,33-26+,35-25+,37-21+,48-29+. The quantitative estimate of drug-likeness (QED) is 0.00515. The second-order valence-corrected chi connectivity index (χ2v) is 25.2. The van der Waals surface area contributed by atoms with Crippen molar-refractivity contribution in [2.75, 3.05) is 6.54 Å². The number of allylic oxidation sites excluding steroid dienone is 16. The summed E-state index contributed by atoms with van der Waals surface area (Å²) in [5.74, 6) is -2.11. The molecule has 18 atom stereocenters. The van der Waals surface area contributed by atoms with Crippen LogP contribution in [0.5, 0.6) is 0 Å². The highest BCUT2D eigenvalue weighted by Crippen LogP contribution is 2.33. The van der Waals surface area contributed by atoms with Gasteiger partial charge in [0.2, 0.25) is 0 Å². The van der Waals surface area contributed by atoms with Crippen LogP contribution in [0.25, 0.3) is 0 Å². The van der Waals surface area contributed by atoms with E-state index < -0.39 is 120 Å². The van der Waals surface area contributed by atoms with Gasteiger partial charge in [-0.2, -0.15) is 8.42 Å². The van der Waals surface area contributed by atoms with Crippen molar-refractivity contribution >= 4 is 22.3 Å². The van der Waals surface area contributed by atoms with Crippen molar-refractivity contribution in [1.29, 1.82) is 0 Å². The number of carbonyl (C=O) groups is 1. The van der Waals surface area contributed by atoms with Crippen LogP contribution in [0.4, 0.5) is 0 Å². The van der Waals surface area contributed by atoms with E-state index in [2.05, 4.69) is 10.3 Å². The number of unbranched alkanes of at least 4 members (excludes halogenated alkanes) is 1. The van der Waals surface area contributed by atoms with Gasteiger partial charge in [-0.15, -0.1) is 0 Å². The molecule has 516 valence electrons. The number of hydrogen-bond donors (Lipinski definition) is 16. The number of epoxide rings is 1. The van der Waals surface area contributed by atoms with Gasteiger partial charge in [-0.3, -0.25) is 9.55 Å². The van der Waals surface area contributed by atoms with Crippen LogP contribution in [0.2, 0.25) is 0 Å². The lowest BCUT2D eigenvalue weighted by molar-refractivity contribution is -0.132. The lowest BCUT2D eigenvalue weighted by atomic mass is 9.88. The van der Waals surface area contributed by atoms with Gasteiger partial charge in [0.25, 0.3) is 0 Å². The van der Waals surface area contributed by atoms with E-state index in [1.165, 1.54) is 31.2 Å². The maximum Gasteiger partial charge on any atom is 0.397 e. The lowest BCUT2D eigenvalue weighted by Gasteiger charge is -2.34. The molecule has 0 aromatic heterocycles. The van der Waals surface area contributed by atoms with Gasteiger partial charge in [-0.25, -0.2) is 8.98 Å². The minimum atomic E-state index is -4.86. The number of aliphatic hydroxyl groups is 11. The van der Waals surface area contributed by atoms with Gasteiger partial charge in [0.15, 0.2) is 5.96 Å². The molecule has 1 heterocycles. The molecule has 1 aliphatic heterocycles. The Balaban J connectivity index is 1.81. The van der Waals surface area contributed by atoms with Gasteiger partial charge in [0.1, 0.15) is 6.10 Å².